The van der Waals surface area contributed by atoms with Crippen LogP contribution in [0.25, 0.3) is 10.6 Å². The molecule has 102 valence electrons. The van der Waals surface area contributed by atoms with Crippen LogP contribution in [0.3, 0.4) is 0 Å². The predicted molar refractivity (Wildman–Crippen MR) is 86.3 cm³/mol. The van der Waals surface area contributed by atoms with Crippen molar-refractivity contribution in [3.63, 3.8) is 0 Å². The summed E-state index contributed by atoms with van der Waals surface area (Å²) in [5.41, 5.74) is 1.96. The maximum absolute atomic E-state index is 5.60. The van der Waals surface area contributed by atoms with E-state index in [1.165, 1.54) is 4.88 Å². The molecular formula is C15H14N2OS2. The second kappa shape index (κ2) is 6.07. The van der Waals surface area contributed by atoms with Gasteiger partial charge in [-0.05, 0) is 30.5 Å². The second-order valence-electron chi connectivity index (χ2n) is 4.07. The van der Waals surface area contributed by atoms with E-state index in [4.69, 9.17) is 4.74 Å². The maximum atomic E-state index is 5.60. The van der Waals surface area contributed by atoms with E-state index in [0.29, 0.717) is 6.61 Å². The highest BCUT2D eigenvalue weighted by molar-refractivity contribution is 7.16. The van der Waals surface area contributed by atoms with Crippen molar-refractivity contribution < 1.29 is 4.74 Å². The van der Waals surface area contributed by atoms with Gasteiger partial charge in [0.1, 0.15) is 5.75 Å². The first-order valence-corrected chi connectivity index (χ1v) is 8.11. The monoisotopic (exact) mass is 302 g/mol. The summed E-state index contributed by atoms with van der Waals surface area (Å²) in [5, 5.41) is 8.33. The predicted octanol–water partition coefficient (Wildman–Crippen LogP) is 5.01. The quantitative estimate of drug-likeness (QED) is 0.719. The molecule has 0 amide bonds. The third-order valence-corrected chi connectivity index (χ3v) is 4.36. The highest BCUT2D eigenvalue weighted by Crippen LogP contribution is 2.32. The molecule has 1 aromatic carbocycles. The Bertz CT molecular complexity index is 677. The number of hydrogen-bond donors (Lipinski definition) is 1. The first-order chi connectivity index (χ1) is 9.86. The Morgan fingerprint density at radius 1 is 1.15 bits per heavy atom. The molecular weight excluding hydrogens is 288 g/mol. The van der Waals surface area contributed by atoms with E-state index in [9.17, 15) is 0 Å². The first kappa shape index (κ1) is 13.1. The highest BCUT2D eigenvalue weighted by atomic mass is 32.1. The van der Waals surface area contributed by atoms with Crippen molar-refractivity contribution in [2.24, 2.45) is 0 Å². The van der Waals surface area contributed by atoms with Crippen LogP contribution in [-0.2, 0) is 0 Å². The number of benzene rings is 1. The van der Waals surface area contributed by atoms with Crippen LogP contribution in [0.4, 0.5) is 10.8 Å². The lowest BCUT2D eigenvalue weighted by Gasteiger charge is -2.09. The van der Waals surface area contributed by atoms with Crippen LogP contribution in [0.15, 0.2) is 47.2 Å². The molecule has 0 spiro atoms. The molecule has 0 radical (unpaired) electrons. The van der Waals surface area contributed by atoms with Crippen LogP contribution in [0.1, 0.15) is 6.92 Å². The molecule has 0 aliphatic heterocycles. The normalized spacial score (nSPS) is 10.4. The van der Waals surface area contributed by atoms with Crippen molar-refractivity contribution in [3.8, 4) is 16.3 Å². The zero-order chi connectivity index (χ0) is 13.8. The Kier molecular flexibility index (Phi) is 3.99. The van der Waals surface area contributed by atoms with Crippen molar-refractivity contribution in [1.82, 2.24) is 4.98 Å². The lowest BCUT2D eigenvalue weighted by molar-refractivity contribution is 0.342. The molecule has 0 fully saturated rings. The molecule has 0 aliphatic carbocycles. The minimum absolute atomic E-state index is 0.650. The van der Waals surface area contributed by atoms with Crippen LogP contribution < -0.4 is 10.1 Å². The SMILES string of the molecule is CCOc1ccccc1Nc1nc(-c2cccs2)cs1. The van der Waals surface area contributed by atoms with Gasteiger partial charge in [0.15, 0.2) is 5.13 Å². The molecule has 20 heavy (non-hydrogen) atoms. The average molecular weight is 302 g/mol. The summed E-state index contributed by atoms with van der Waals surface area (Å²) in [6, 6.07) is 12.0. The number of rotatable bonds is 5. The Labute approximate surface area is 125 Å². The molecule has 1 N–H and O–H groups in total. The molecule has 0 saturated heterocycles. The summed E-state index contributed by atoms with van der Waals surface area (Å²) in [7, 11) is 0. The largest absolute Gasteiger partial charge is 0.492 e. The number of anilines is 2. The van der Waals surface area contributed by atoms with Gasteiger partial charge in [0.2, 0.25) is 0 Å². The zero-order valence-corrected chi connectivity index (χ0v) is 12.6. The lowest BCUT2D eigenvalue weighted by atomic mass is 10.3. The molecule has 2 aromatic heterocycles. The first-order valence-electron chi connectivity index (χ1n) is 6.35. The van der Waals surface area contributed by atoms with E-state index in [2.05, 4.69) is 27.1 Å². The zero-order valence-electron chi connectivity index (χ0n) is 11.0. The minimum atomic E-state index is 0.650. The molecule has 0 aliphatic rings. The fourth-order valence-electron chi connectivity index (χ4n) is 1.84. The number of ether oxygens (including phenoxy) is 1. The van der Waals surface area contributed by atoms with E-state index < -0.39 is 0 Å². The summed E-state index contributed by atoms with van der Waals surface area (Å²) >= 11 is 3.30. The number of hydrogen-bond acceptors (Lipinski definition) is 5. The van der Waals surface area contributed by atoms with Crippen LogP contribution >= 0.6 is 22.7 Å². The molecule has 5 heteroatoms. The molecule has 0 saturated carbocycles. The number of para-hydroxylation sites is 2. The van der Waals surface area contributed by atoms with Gasteiger partial charge in [0.05, 0.1) is 22.9 Å². The van der Waals surface area contributed by atoms with Gasteiger partial charge in [-0.2, -0.15) is 0 Å². The minimum Gasteiger partial charge on any atom is -0.492 e. The van der Waals surface area contributed by atoms with Gasteiger partial charge in [-0.15, -0.1) is 22.7 Å². The molecule has 2 heterocycles. The van der Waals surface area contributed by atoms with Crippen LogP contribution in [0.2, 0.25) is 0 Å². The Hall–Kier alpha value is -1.85. The average Bonchev–Trinajstić information content (AvgIpc) is 3.12. The summed E-state index contributed by atoms with van der Waals surface area (Å²) in [4.78, 5) is 5.80. The molecule has 0 unspecified atom stereocenters. The second-order valence-corrected chi connectivity index (χ2v) is 5.88. The molecule has 0 bridgehead atoms. The van der Waals surface area contributed by atoms with Gasteiger partial charge in [-0.1, -0.05) is 18.2 Å². The summed E-state index contributed by atoms with van der Waals surface area (Å²) in [5.74, 6) is 0.850. The topological polar surface area (TPSA) is 34.1 Å². The van der Waals surface area contributed by atoms with Crippen molar-refractivity contribution >= 4 is 33.5 Å². The lowest BCUT2D eigenvalue weighted by Crippen LogP contribution is -1.97. The molecule has 3 rings (SSSR count). The smallest absolute Gasteiger partial charge is 0.187 e. The van der Waals surface area contributed by atoms with Gasteiger partial charge in [0.25, 0.3) is 0 Å². The van der Waals surface area contributed by atoms with Crippen molar-refractivity contribution in [2.45, 2.75) is 6.92 Å². The Morgan fingerprint density at radius 3 is 2.85 bits per heavy atom. The number of thiophene rings is 1. The maximum Gasteiger partial charge on any atom is 0.187 e. The summed E-state index contributed by atoms with van der Waals surface area (Å²) < 4.78 is 5.60. The third kappa shape index (κ3) is 2.84. The molecule has 3 nitrogen and oxygen atoms in total. The van der Waals surface area contributed by atoms with Crippen LogP contribution in [-0.4, -0.2) is 11.6 Å². The standard InChI is InChI=1S/C15H14N2OS2/c1-2-18-13-7-4-3-6-11(13)16-15-17-12(10-20-15)14-8-5-9-19-14/h3-10H,2H2,1H3,(H,16,17). The fourth-order valence-corrected chi connectivity index (χ4v) is 3.32. The van der Waals surface area contributed by atoms with Crippen molar-refractivity contribution in [2.75, 3.05) is 11.9 Å². The summed E-state index contributed by atoms with van der Waals surface area (Å²) in [6.07, 6.45) is 0. The van der Waals surface area contributed by atoms with E-state index >= 15 is 0 Å². The number of aromatic nitrogens is 1. The van der Waals surface area contributed by atoms with E-state index in [0.717, 1.165) is 22.3 Å². The van der Waals surface area contributed by atoms with Gasteiger partial charge in [0, 0.05) is 5.38 Å². The third-order valence-electron chi connectivity index (χ3n) is 2.71. The molecule has 3 aromatic rings. The Balaban J connectivity index is 1.82. The number of nitrogens with one attached hydrogen (secondary N) is 1. The highest BCUT2D eigenvalue weighted by Gasteiger charge is 2.08. The molecule has 0 atom stereocenters. The van der Waals surface area contributed by atoms with Crippen molar-refractivity contribution in [3.05, 3.63) is 47.2 Å². The van der Waals surface area contributed by atoms with E-state index in [-0.39, 0.29) is 0 Å². The number of nitrogens with zero attached hydrogens (tertiary/aromatic N) is 1. The van der Waals surface area contributed by atoms with Gasteiger partial charge in [-0.25, -0.2) is 4.98 Å². The van der Waals surface area contributed by atoms with Crippen molar-refractivity contribution in [1.29, 1.82) is 0 Å². The van der Waals surface area contributed by atoms with E-state index in [1.54, 1.807) is 22.7 Å². The number of thiazole rings is 1. The van der Waals surface area contributed by atoms with Crippen LogP contribution in [0.5, 0.6) is 5.75 Å². The summed E-state index contributed by atoms with van der Waals surface area (Å²) in [6.45, 7) is 2.63. The fraction of sp³-hybridized carbons (Fsp3) is 0.133. The van der Waals surface area contributed by atoms with Crippen LogP contribution in [0, 0.1) is 0 Å². The van der Waals surface area contributed by atoms with E-state index in [1.807, 2.05) is 37.3 Å². The van der Waals surface area contributed by atoms with Gasteiger partial charge in [-0.3, -0.25) is 0 Å². The van der Waals surface area contributed by atoms with Gasteiger partial charge >= 0.3 is 0 Å². The van der Waals surface area contributed by atoms with Gasteiger partial charge < -0.3 is 10.1 Å². The Morgan fingerprint density at radius 2 is 2.05 bits per heavy atom.